The Morgan fingerprint density at radius 3 is 2.30 bits per heavy atom. The van der Waals surface area contributed by atoms with Crippen LogP contribution in [0.15, 0.2) is 36.8 Å². The number of nitrogens with zero attached hydrogens (tertiary/aromatic N) is 9. The number of likely N-dealkylation sites (tertiary alicyclic amines) is 1. The summed E-state index contributed by atoms with van der Waals surface area (Å²) in [6.45, 7) is 4.33. The quantitative estimate of drug-likeness (QED) is 0.191. The van der Waals surface area contributed by atoms with E-state index >= 15 is 0 Å². The van der Waals surface area contributed by atoms with E-state index in [0.29, 0.717) is 46.7 Å². The number of alkyl halides is 6. The summed E-state index contributed by atoms with van der Waals surface area (Å²) >= 11 is 0. The number of nitrogens with two attached hydrogens (primary N) is 1. The van der Waals surface area contributed by atoms with Gasteiger partial charge in [0.1, 0.15) is 12.1 Å². The van der Waals surface area contributed by atoms with Crippen LogP contribution in [-0.4, -0.2) is 106 Å². The molecule has 3 aromatic heterocycles. The molecule has 6 heterocycles. The van der Waals surface area contributed by atoms with Gasteiger partial charge < -0.3 is 10.6 Å². The molecule has 60 heavy (non-hydrogen) atoms. The smallest absolute Gasteiger partial charge is 0.368 e. The number of nitrogens with one attached hydrogen (secondary N) is 1. The van der Waals surface area contributed by atoms with Gasteiger partial charge in [-0.15, -0.1) is 0 Å². The molecule has 1 saturated carbocycles. The third-order valence-electron chi connectivity index (χ3n) is 11.8. The van der Waals surface area contributed by atoms with Crippen LogP contribution < -0.4 is 16.0 Å². The van der Waals surface area contributed by atoms with Gasteiger partial charge in [-0.25, -0.2) is 23.3 Å². The molecule has 3 amide bonds. The molecule has 8 rings (SSSR count). The number of amides is 3. The standard InChI is InChI=1S/C29H42N6O3S.C10H7F6N5/c1-32-26-19-23(7-8-25(26)28(31-32)35-18-13-27(36)30-29(35)37)22-11-14-33(15-12-22)20-21-9-16-34(17-10-21)39(38)24-5-3-2-4-6-24;11-9(12,13)4-21-3-5(1-19-21)7-6(10(14,15)16)2-18-8(17)20-7/h7-8,19,21-22,24H,2-6,9-18,20H2,1H3,(H,30,36,37);1-3H,4H2,(H2,17,18,20). The minimum absolute atomic E-state index is 0.235. The Morgan fingerprint density at radius 2 is 1.63 bits per heavy atom. The third-order valence-corrected chi connectivity index (χ3v) is 13.7. The van der Waals surface area contributed by atoms with Crippen LogP contribution in [0.3, 0.4) is 0 Å². The second-order valence-electron chi connectivity index (χ2n) is 16.0. The second-order valence-corrected chi connectivity index (χ2v) is 17.7. The maximum atomic E-state index is 13.0. The highest BCUT2D eigenvalue weighted by Gasteiger charge is 2.37. The Kier molecular flexibility index (Phi) is 13.1. The van der Waals surface area contributed by atoms with Crippen LogP contribution >= 0.6 is 0 Å². The number of hydrogen-bond acceptors (Lipinski definition) is 9. The van der Waals surface area contributed by atoms with E-state index < -0.39 is 53.1 Å². The molecule has 3 N–H and O–H groups in total. The van der Waals surface area contributed by atoms with Crippen LogP contribution in [0.4, 0.5) is 42.9 Å². The van der Waals surface area contributed by atoms with Gasteiger partial charge in [0, 0.05) is 68.2 Å². The van der Waals surface area contributed by atoms with Gasteiger partial charge in [-0.1, -0.05) is 25.3 Å². The predicted molar refractivity (Wildman–Crippen MR) is 213 cm³/mol. The summed E-state index contributed by atoms with van der Waals surface area (Å²) in [5.74, 6) is 1.20. The number of anilines is 2. The fourth-order valence-corrected chi connectivity index (χ4v) is 10.3. The van der Waals surface area contributed by atoms with E-state index in [1.807, 2.05) is 11.7 Å². The molecule has 3 aliphatic heterocycles. The number of hydrogen-bond donors (Lipinski definition) is 2. The van der Waals surface area contributed by atoms with Crippen molar-refractivity contribution in [2.24, 2.45) is 13.0 Å². The monoisotopic (exact) mass is 865 g/mol. The zero-order valence-electron chi connectivity index (χ0n) is 33.2. The number of aryl methyl sites for hydroxylation is 1. The van der Waals surface area contributed by atoms with E-state index in [0.717, 1.165) is 75.2 Å². The van der Waals surface area contributed by atoms with Gasteiger partial charge in [0.15, 0.2) is 5.82 Å². The van der Waals surface area contributed by atoms with Gasteiger partial charge in [0.2, 0.25) is 11.9 Å². The van der Waals surface area contributed by atoms with Gasteiger partial charge in [-0.2, -0.15) is 36.5 Å². The molecule has 4 fully saturated rings. The molecule has 1 aliphatic carbocycles. The van der Waals surface area contributed by atoms with Gasteiger partial charge in [0.05, 0.1) is 28.4 Å². The molecule has 21 heteroatoms. The fraction of sp³-hybridized carbons (Fsp3) is 0.590. The Bertz CT molecular complexity index is 2170. The molecule has 4 aliphatic rings. The number of imide groups is 1. The average molecular weight is 866 g/mol. The fourth-order valence-electron chi connectivity index (χ4n) is 8.62. The number of carbonyl (C=O) groups is 2. The van der Waals surface area contributed by atoms with Crippen LogP contribution in [0.2, 0.25) is 0 Å². The average Bonchev–Trinajstić information content (AvgIpc) is 3.81. The second kappa shape index (κ2) is 18.2. The summed E-state index contributed by atoms with van der Waals surface area (Å²) in [4.78, 5) is 34.8. The van der Waals surface area contributed by atoms with Gasteiger partial charge >= 0.3 is 18.4 Å². The van der Waals surface area contributed by atoms with Crippen LogP contribution in [0.25, 0.3) is 22.2 Å². The molecule has 1 unspecified atom stereocenters. The summed E-state index contributed by atoms with van der Waals surface area (Å²) < 4.78 is 92.7. The Balaban J connectivity index is 0.000000219. The van der Waals surface area contributed by atoms with Crippen LogP contribution in [0, 0.1) is 5.92 Å². The van der Waals surface area contributed by atoms with Gasteiger partial charge in [-0.3, -0.25) is 24.4 Å². The largest absolute Gasteiger partial charge is 0.419 e. The van der Waals surface area contributed by atoms with E-state index in [1.165, 1.54) is 44.2 Å². The molecule has 0 bridgehead atoms. The number of urea groups is 1. The summed E-state index contributed by atoms with van der Waals surface area (Å²) in [5, 5.41) is 11.7. The number of rotatable bonds is 8. The molecule has 4 aromatic rings. The summed E-state index contributed by atoms with van der Waals surface area (Å²) in [6, 6.07) is 6.13. The highest BCUT2D eigenvalue weighted by Crippen LogP contribution is 2.37. The van der Waals surface area contributed by atoms with Crippen molar-refractivity contribution in [3.05, 3.63) is 47.9 Å². The topological polar surface area (TPSA) is 160 Å². The number of fused-ring (bicyclic) bond motifs is 1. The molecule has 326 valence electrons. The SMILES string of the molecule is Cn1nc(N2CCC(=O)NC2=O)c2ccc(C3CCN(CC4CCN(S(=O)C5CCCCC5)CC4)CC3)cc21.Nc1ncc(C(F)(F)F)c(-c2cnn(CC(F)(F)F)c2)n1. The Morgan fingerprint density at radius 1 is 0.917 bits per heavy atom. The lowest BCUT2D eigenvalue weighted by Crippen LogP contribution is -2.49. The molecule has 3 saturated heterocycles. The summed E-state index contributed by atoms with van der Waals surface area (Å²) in [5.41, 5.74) is 5.52. The van der Waals surface area contributed by atoms with Crippen molar-refractivity contribution in [2.45, 2.75) is 94.3 Å². The van der Waals surface area contributed by atoms with E-state index in [9.17, 15) is 40.1 Å². The maximum absolute atomic E-state index is 13.0. The molecule has 0 radical (unpaired) electrons. The highest BCUT2D eigenvalue weighted by molar-refractivity contribution is 7.83. The number of aromatic nitrogens is 6. The van der Waals surface area contributed by atoms with Crippen LogP contribution in [0.1, 0.15) is 81.3 Å². The highest BCUT2D eigenvalue weighted by atomic mass is 32.2. The van der Waals surface area contributed by atoms with E-state index in [-0.39, 0.29) is 11.5 Å². The molecule has 14 nitrogen and oxygen atoms in total. The van der Waals surface area contributed by atoms with E-state index in [2.05, 4.69) is 52.9 Å². The van der Waals surface area contributed by atoms with E-state index in [1.54, 1.807) is 4.90 Å². The number of piperidine rings is 2. The number of halogens is 6. The zero-order chi connectivity index (χ0) is 42.8. The molecule has 1 atom stereocenters. The van der Waals surface area contributed by atoms with Crippen molar-refractivity contribution in [3.63, 3.8) is 0 Å². The first kappa shape index (κ1) is 43.5. The summed E-state index contributed by atoms with van der Waals surface area (Å²) in [7, 11) is 1.14. The molecular formula is C39H49F6N11O3S. The predicted octanol–water partition coefficient (Wildman–Crippen LogP) is 6.41. The lowest BCUT2D eigenvalue weighted by Gasteiger charge is -2.38. The van der Waals surface area contributed by atoms with Crippen molar-refractivity contribution >= 4 is 45.6 Å². The minimum atomic E-state index is -4.77. The molecular weight excluding hydrogens is 817 g/mol. The lowest BCUT2D eigenvalue weighted by molar-refractivity contribution is -0.142. The van der Waals surface area contributed by atoms with Gasteiger partial charge in [-0.05, 0) is 81.1 Å². The van der Waals surface area contributed by atoms with Crippen molar-refractivity contribution in [1.82, 2.24) is 44.1 Å². The van der Waals surface area contributed by atoms with Crippen molar-refractivity contribution in [2.75, 3.05) is 49.9 Å². The first-order chi connectivity index (χ1) is 28.5. The summed E-state index contributed by atoms with van der Waals surface area (Å²) in [6.07, 6.45) is 3.86. The normalized spacial score (nSPS) is 20.3. The Labute approximate surface area is 345 Å². The van der Waals surface area contributed by atoms with Crippen LogP contribution in [-0.2, 0) is 35.5 Å². The van der Waals surface area contributed by atoms with Crippen molar-refractivity contribution in [3.8, 4) is 11.3 Å². The molecule has 1 aromatic carbocycles. The third kappa shape index (κ3) is 10.4. The van der Waals surface area contributed by atoms with Gasteiger partial charge in [0.25, 0.3) is 0 Å². The first-order valence-corrected chi connectivity index (χ1v) is 21.4. The lowest BCUT2D eigenvalue weighted by atomic mass is 9.88. The maximum Gasteiger partial charge on any atom is 0.419 e. The zero-order valence-corrected chi connectivity index (χ0v) is 34.0. The molecule has 0 spiro atoms. The van der Waals surface area contributed by atoms with Crippen molar-refractivity contribution < 1.29 is 40.1 Å². The van der Waals surface area contributed by atoms with Crippen molar-refractivity contribution in [1.29, 1.82) is 0 Å². The first-order valence-electron chi connectivity index (χ1n) is 20.3. The number of benzene rings is 1. The number of carbonyl (C=O) groups excluding carboxylic acids is 2. The van der Waals surface area contributed by atoms with Crippen LogP contribution in [0.5, 0.6) is 0 Å². The number of nitrogen functional groups attached to an aromatic ring is 1. The Hall–Kier alpha value is -4.63. The van der Waals surface area contributed by atoms with E-state index in [4.69, 9.17) is 5.73 Å². The minimum Gasteiger partial charge on any atom is -0.368 e.